The maximum atomic E-state index is 5.78. The topological polar surface area (TPSA) is 35.6 Å². The molecule has 0 saturated carbocycles. The molecule has 0 fully saturated rings. The van der Waals surface area contributed by atoms with E-state index in [0.29, 0.717) is 0 Å². The predicted octanol–water partition coefficient (Wildman–Crippen LogP) is 11.4. The van der Waals surface area contributed by atoms with Crippen molar-refractivity contribution >= 4 is 72.4 Å². The SMILES string of the molecule is c1ccc(-c2nc(-c3ccccc3-n3c4ccccc4c4c5c6ccccc6n(-c6ccccc6)c5ccc43)c3c(n2)-c2ccccc2[Si]3(c2ccccc2)c2ccccc2)cc1. The van der Waals surface area contributed by atoms with Gasteiger partial charge in [-0.2, -0.15) is 0 Å². The molecule has 13 rings (SSSR count). The third-order valence-electron chi connectivity index (χ3n) is 13.2. The standard InChI is InChI=1S/C58H38N4Si/c1-5-21-39(22-6-1)58-59-55(57-56(60-58)46-32-16-20-36-52(46)63(57,41-25-9-3-10-26-41)42-27-11-4-12-28-42)45-31-15-19-35-49(45)62-48-34-18-14-30-44(48)54-51(62)38-37-50-53(54)43-29-13-17-33-47(43)61(50)40-23-7-2-8-24-40/h1-38H. The first kappa shape index (κ1) is 35.6. The maximum Gasteiger partial charge on any atom is 0.185 e. The van der Waals surface area contributed by atoms with Gasteiger partial charge in [0.1, 0.15) is 0 Å². The number of hydrogen-bond donors (Lipinski definition) is 0. The minimum Gasteiger partial charge on any atom is -0.309 e. The van der Waals surface area contributed by atoms with Crippen molar-refractivity contribution in [2.45, 2.75) is 0 Å². The number of benzene rings is 9. The Morgan fingerprint density at radius 2 is 0.810 bits per heavy atom. The van der Waals surface area contributed by atoms with Crippen molar-refractivity contribution in [3.63, 3.8) is 0 Å². The van der Waals surface area contributed by atoms with Crippen LogP contribution in [0.5, 0.6) is 0 Å². The lowest BCUT2D eigenvalue weighted by molar-refractivity contribution is 1.16. The quantitative estimate of drug-likeness (QED) is 0.157. The number of para-hydroxylation sites is 4. The highest BCUT2D eigenvalue weighted by Gasteiger charge is 2.52. The Hall–Kier alpha value is -8.12. The summed E-state index contributed by atoms with van der Waals surface area (Å²) in [6, 6.07) is 83.8. The number of nitrogens with zero attached hydrogens (tertiary/aromatic N) is 4. The number of hydrogen-bond acceptors (Lipinski definition) is 2. The first-order valence-corrected chi connectivity index (χ1v) is 23.6. The molecule has 63 heavy (non-hydrogen) atoms. The zero-order valence-corrected chi connectivity index (χ0v) is 35.2. The highest BCUT2D eigenvalue weighted by atomic mass is 28.3. The summed E-state index contributed by atoms with van der Waals surface area (Å²) in [5, 5.41) is 10.1. The van der Waals surface area contributed by atoms with Crippen molar-refractivity contribution in [1.29, 1.82) is 0 Å². The van der Waals surface area contributed by atoms with Gasteiger partial charge in [0.2, 0.25) is 0 Å². The van der Waals surface area contributed by atoms with Crippen LogP contribution in [-0.2, 0) is 0 Å². The predicted molar refractivity (Wildman–Crippen MR) is 264 cm³/mol. The van der Waals surface area contributed by atoms with Gasteiger partial charge < -0.3 is 9.13 Å². The van der Waals surface area contributed by atoms with Gasteiger partial charge in [-0.25, -0.2) is 9.97 Å². The highest BCUT2D eigenvalue weighted by molar-refractivity contribution is 7.22. The van der Waals surface area contributed by atoms with Crippen molar-refractivity contribution < 1.29 is 0 Å². The minimum atomic E-state index is -3.03. The van der Waals surface area contributed by atoms with Crippen LogP contribution in [0.4, 0.5) is 0 Å². The van der Waals surface area contributed by atoms with E-state index in [1.165, 1.54) is 58.9 Å². The first-order valence-electron chi connectivity index (χ1n) is 21.6. The summed E-state index contributed by atoms with van der Waals surface area (Å²) in [6.45, 7) is 0. The van der Waals surface area contributed by atoms with E-state index in [9.17, 15) is 0 Å². The normalized spacial score (nSPS) is 12.9. The van der Waals surface area contributed by atoms with Crippen LogP contribution in [0.2, 0.25) is 0 Å². The molecule has 4 nitrogen and oxygen atoms in total. The minimum absolute atomic E-state index is 0.720. The molecule has 4 heterocycles. The zero-order valence-electron chi connectivity index (χ0n) is 34.2. The average molecular weight is 819 g/mol. The fourth-order valence-corrected chi connectivity index (χ4v) is 15.9. The van der Waals surface area contributed by atoms with E-state index in [1.54, 1.807) is 0 Å². The molecule has 0 radical (unpaired) electrons. The van der Waals surface area contributed by atoms with Crippen LogP contribution in [0.15, 0.2) is 231 Å². The van der Waals surface area contributed by atoms with Crippen LogP contribution < -0.4 is 20.7 Å². The Bertz CT molecular complexity index is 3690. The second kappa shape index (κ2) is 14.0. The number of fused-ring (bicyclic) bond motifs is 10. The van der Waals surface area contributed by atoms with Gasteiger partial charge in [0.25, 0.3) is 0 Å². The summed E-state index contributed by atoms with van der Waals surface area (Å²) in [6.07, 6.45) is 0. The van der Waals surface area contributed by atoms with Crippen LogP contribution in [0.1, 0.15) is 0 Å². The molecule has 0 aliphatic carbocycles. The maximum absolute atomic E-state index is 5.78. The monoisotopic (exact) mass is 818 g/mol. The molecule has 5 heteroatoms. The number of aromatic nitrogens is 4. The van der Waals surface area contributed by atoms with E-state index in [1.807, 2.05) is 0 Å². The Labute approximate surface area is 365 Å². The molecule has 3 aromatic heterocycles. The lowest BCUT2D eigenvalue weighted by atomic mass is 10.0. The Balaban J connectivity index is 1.17. The van der Waals surface area contributed by atoms with Gasteiger partial charge in [-0.3, -0.25) is 0 Å². The largest absolute Gasteiger partial charge is 0.309 e. The van der Waals surface area contributed by atoms with Crippen molar-refractivity contribution in [3.8, 4) is 45.3 Å². The third kappa shape index (κ3) is 5.08. The van der Waals surface area contributed by atoms with Gasteiger partial charge in [0.05, 0.1) is 39.1 Å². The molecule has 0 saturated heterocycles. The Kier molecular flexibility index (Phi) is 7.89. The summed E-state index contributed by atoms with van der Waals surface area (Å²) < 4.78 is 4.90. The van der Waals surface area contributed by atoms with Gasteiger partial charge in [-0.15, -0.1) is 0 Å². The number of rotatable bonds is 6. The van der Waals surface area contributed by atoms with Crippen LogP contribution in [-0.4, -0.2) is 27.2 Å². The van der Waals surface area contributed by atoms with E-state index >= 15 is 0 Å². The van der Waals surface area contributed by atoms with E-state index in [2.05, 4.69) is 240 Å². The molecular weight excluding hydrogens is 781 g/mol. The third-order valence-corrected chi connectivity index (χ3v) is 18.1. The molecule has 0 spiro atoms. The molecule has 1 aliphatic heterocycles. The highest BCUT2D eigenvalue weighted by Crippen LogP contribution is 2.44. The molecule has 0 N–H and O–H groups in total. The molecule has 0 unspecified atom stereocenters. The van der Waals surface area contributed by atoms with E-state index in [0.717, 1.165) is 50.7 Å². The molecule has 0 bridgehead atoms. The van der Waals surface area contributed by atoms with Crippen LogP contribution in [0, 0.1) is 0 Å². The molecule has 0 amide bonds. The smallest absolute Gasteiger partial charge is 0.185 e. The lowest BCUT2D eigenvalue weighted by Crippen LogP contribution is -2.73. The van der Waals surface area contributed by atoms with Gasteiger partial charge >= 0.3 is 0 Å². The molecular formula is C58H38N4Si. The van der Waals surface area contributed by atoms with Crippen molar-refractivity contribution in [1.82, 2.24) is 19.1 Å². The van der Waals surface area contributed by atoms with Crippen molar-refractivity contribution in [3.05, 3.63) is 231 Å². The van der Waals surface area contributed by atoms with E-state index in [-0.39, 0.29) is 0 Å². The zero-order chi connectivity index (χ0) is 41.5. The Morgan fingerprint density at radius 1 is 0.349 bits per heavy atom. The lowest BCUT2D eigenvalue weighted by Gasteiger charge is -2.32. The van der Waals surface area contributed by atoms with Crippen LogP contribution in [0.25, 0.3) is 88.9 Å². The summed E-state index contributed by atoms with van der Waals surface area (Å²) in [5.74, 6) is 0.720. The molecule has 12 aromatic rings. The fourth-order valence-electron chi connectivity index (χ4n) is 10.7. The summed E-state index contributed by atoms with van der Waals surface area (Å²) >= 11 is 0. The molecule has 294 valence electrons. The van der Waals surface area contributed by atoms with Crippen LogP contribution in [0.3, 0.4) is 0 Å². The van der Waals surface area contributed by atoms with Gasteiger partial charge in [0, 0.05) is 49.1 Å². The van der Waals surface area contributed by atoms with Gasteiger partial charge in [-0.1, -0.05) is 188 Å². The summed E-state index contributed by atoms with van der Waals surface area (Å²) in [7, 11) is -3.03. The van der Waals surface area contributed by atoms with Crippen LogP contribution >= 0.6 is 0 Å². The summed E-state index contributed by atoms with van der Waals surface area (Å²) in [5.41, 5.74) is 12.1. The fraction of sp³-hybridized carbons (Fsp3) is 0. The van der Waals surface area contributed by atoms with Gasteiger partial charge in [-0.05, 0) is 58.0 Å². The van der Waals surface area contributed by atoms with E-state index in [4.69, 9.17) is 9.97 Å². The van der Waals surface area contributed by atoms with Crippen molar-refractivity contribution in [2.24, 2.45) is 0 Å². The molecule has 9 aromatic carbocycles. The average Bonchev–Trinajstić information content (AvgIpc) is 3.99. The van der Waals surface area contributed by atoms with Crippen molar-refractivity contribution in [2.75, 3.05) is 0 Å². The first-order chi connectivity index (χ1) is 31.3. The molecule has 1 aliphatic rings. The Morgan fingerprint density at radius 3 is 1.44 bits per heavy atom. The van der Waals surface area contributed by atoms with Gasteiger partial charge in [0.15, 0.2) is 13.9 Å². The second-order valence-electron chi connectivity index (χ2n) is 16.4. The van der Waals surface area contributed by atoms with E-state index < -0.39 is 8.07 Å². The second-order valence-corrected chi connectivity index (χ2v) is 20.1. The summed E-state index contributed by atoms with van der Waals surface area (Å²) in [4.78, 5) is 11.4. The molecule has 0 atom stereocenters.